The first-order valence-corrected chi connectivity index (χ1v) is 6.21. The molecule has 0 aliphatic carbocycles. The summed E-state index contributed by atoms with van der Waals surface area (Å²) in [6.07, 6.45) is 1.53. The van der Waals surface area contributed by atoms with Crippen LogP contribution in [0.3, 0.4) is 0 Å². The summed E-state index contributed by atoms with van der Waals surface area (Å²) in [6.45, 7) is 0. The van der Waals surface area contributed by atoms with Gasteiger partial charge in [-0.15, -0.1) is 0 Å². The van der Waals surface area contributed by atoms with Crippen LogP contribution in [0.5, 0.6) is 0 Å². The lowest BCUT2D eigenvalue weighted by Crippen LogP contribution is -2.05. The van der Waals surface area contributed by atoms with Gasteiger partial charge < -0.3 is 0 Å². The highest BCUT2D eigenvalue weighted by Crippen LogP contribution is 2.37. The highest BCUT2D eigenvalue weighted by Gasteiger charge is 2.25. The summed E-state index contributed by atoms with van der Waals surface area (Å²) in [5.74, 6) is -1.74. The van der Waals surface area contributed by atoms with Crippen LogP contribution in [0, 0.1) is 11.6 Å². The van der Waals surface area contributed by atoms with Crippen LogP contribution in [-0.4, -0.2) is 14.4 Å². The molecule has 1 aromatic carbocycles. The number of aromatic nitrogens is 3. The van der Waals surface area contributed by atoms with Crippen LogP contribution in [-0.2, 0) is 3.79 Å². The molecule has 0 radical (unpaired) electrons. The fourth-order valence-electron chi connectivity index (χ4n) is 1.75. The highest BCUT2D eigenvalue weighted by molar-refractivity contribution is 6.66. The van der Waals surface area contributed by atoms with Crippen LogP contribution in [0.2, 0.25) is 0 Å². The van der Waals surface area contributed by atoms with Gasteiger partial charge in [-0.25, -0.2) is 18.7 Å². The van der Waals surface area contributed by atoms with Gasteiger partial charge in [0, 0.05) is 18.3 Å². The average Bonchev–Trinajstić information content (AvgIpc) is 2.65. The van der Waals surface area contributed by atoms with Gasteiger partial charge in [0.05, 0.1) is 16.7 Å². The SMILES string of the molecule is Fc1cc2nc3nc(C(Cl)(Cl)Cl)ccn3c2cc1F. The molecule has 0 aliphatic heterocycles. The molecule has 3 nitrogen and oxygen atoms in total. The zero-order valence-electron chi connectivity index (χ0n) is 9.04. The largest absolute Gasteiger partial charge is 0.284 e. The van der Waals surface area contributed by atoms with E-state index in [4.69, 9.17) is 34.8 Å². The van der Waals surface area contributed by atoms with Gasteiger partial charge in [-0.1, -0.05) is 34.8 Å². The predicted molar refractivity (Wildman–Crippen MR) is 69.6 cm³/mol. The maximum Gasteiger partial charge on any atom is 0.235 e. The second kappa shape index (κ2) is 4.16. The summed E-state index contributed by atoms with van der Waals surface area (Å²) in [4.78, 5) is 8.11. The van der Waals surface area contributed by atoms with Gasteiger partial charge in [0.15, 0.2) is 11.6 Å². The number of halogens is 5. The highest BCUT2D eigenvalue weighted by atomic mass is 35.6. The molecular formula is C11H4Cl3F2N3. The molecule has 98 valence electrons. The number of hydrogen-bond donors (Lipinski definition) is 0. The third kappa shape index (κ3) is 2.12. The molecule has 0 N–H and O–H groups in total. The van der Waals surface area contributed by atoms with Crippen molar-refractivity contribution in [2.45, 2.75) is 3.79 Å². The number of nitrogens with zero attached hydrogens (tertiary/aromatic N) is 3. The van der Waals surface area contributed by atoms with E-state index in [9.17, 15) is 8.78 Å². The molecule has 0 aliphatic rings. The zero-order valence-corrected chi connectivity index (χ0v) is 11.3. The van der Waals surface area contributed by atoms with Crippen LogP contribution >= 0.6 is 34.8 Å². The van der Waals surface area contributed by atoms with Crippen molar-refractivity contribution in [1.82, 2.24) is 14.4 Å². The van der Waals surface area contributed by atoms with Crippen molar-refractivity contribution in [3.05, 3.63) is 41.7 Å². The van der Waals surface area contributed by atoms with Crippen molar-refractivity contribution in [1.29, 1.82) is 0 Å². The van der Waals surface area contributed by atoms with Crippen LogP contribution in [0.4, 0.5) is 8.78 Å². The van der Waals surface area contributed by atoms with Crippen molar-refractivity contribution >= 4 is 51.6 Å². The molecule has 3 aromatic rings. The summed E-state index contributed by atoms with van der Waals surface area (Å²) in [7, 11) is 0. The lowest BCUT2D eigenvalue weighted by Gasteiger charge is -2.09. The fraction of sp³-hybridized carbons (Fsp3) is 0.0909. The molecule has 2 aromatic heterocycles. The van der Waals surface area contributed by atoms with E-state index >= 15 is 0 Å². The van der Waals surface area contributed by atoms with Crippen LogP contribution in [0.15, 0.2) is 24.4 Å². The van der Waals surface area contributed by atoms with Crippen molar-refractivity contribution in [3.63, 3.8) is 0 Å². The number of fused-ring (bicyclic) bond motifs is 3. The first-order valence-electron chi connectivity index (χ1n) is 5.07. The van der Waals surface area contributed by atoms with Crippen LogP contribution in [0.1, 0.15) is 5.69 Å². The van der Waals surface area contributed by atoms with Crippen molar-refractivity contribution in [2.75, 3.05) is 0 Å². The fourth-order valence-corrected chi connectivity index (χ4v) is 2.07. The van der Waals surface area contributed by atoms with E-state index in [0.717, 1.165) is 12.1 Å². The molecule has 8 heteroatoms. The second-order valence-electron chi connectivity index (χ2n) is 3.85. The molecule has 0 amide bonds. The summed E-state index contributed by atoms with van der Waals surface area (Å²) in [5, 5.41) is 0. The molecule has 0 saturated carbocycles. The molecule has 0 atom stereocenters. The maximum atomic E-state index is 13.2. The van der Waals surface area contributed by atoms with Gasteiger partial charge in [0.1, 0.15) is 0 Å². The van der Waals surface area contributed by atoms with E-state index in [1.54, 1.807) is 0 Å². The van der Waals surface area contributed by atoms with E-state index in [1.165, 1.54) is 16.7 Å². The molecular weight excluding hydrogens is 318 g/mol. The van der Waals surface area contributed by atoms with Gasteiger partial charge in [0.2, 0.25) is 9.57 Å². The third-order valence-corrected chi connectivity index (χ3v) is 3.19. The summed E-state index contributed by atoms with van der Waals surface area (Å²) in [5.41, 5.74) is 0.839. The summed E-state index contributed by atoms with van der Waals surface area (Å²) < 4.78 is 26.2. The van der Waals surface area contributed by atoms with Crippen LogP contribution in [0.25, 0.3) is 16.8 Å². The van der Waals surface area contributed by atoms with Gasteiger partial charge in [-0.05, 0) is 6.07 Å². The Morgan fingerprint density at radius 1 is 1.05 bits per heavy atom. The third-order valence-electron chi connectivity index (χ3n) is 2.61. The van der Waals surface area contributed by atoms with Crippen molar-refractivity contribution in [2.24, 2.45) is 0 Å². The minimum absolute atomic E-state index is 0.182. The average molecular weight is 323 g/mol. The quantitative estimate of drug-likeness (QED) is 0.586. The minimum atomic E-state index is -1.68. The molecule has 19 heavy (non-hydrogen) atoms. The Kier molecular flexibility index (Phi) is 2.81. The van der Waals surface area contributed by atoms with E-state index in [-0.39, 0.29) is 17.0 Å². The number of hydrogen-bond acceptors (Lipinski definition) is 2. The van der Waals surface area contributed by atoms with Crippen molar-refractivity contribution in [3.8, 4) is 0 Å². The Labute approximate surface area is 120 Å². The van der Waals surface area contributed by atoms with E-state index < -0.39 is 15.4 Å². The Bertz CT molecular complexity index is 795. The lowest BCUT2D eigenvalue weighted by atomic mass is 10.3. The number of rotatable bonds is 0. The molecule has 2 heterocycles. The van der Waals surface area contributed by atoms with Crippen molar-refractivity contribution < 1.29 is 8.78 Å². The van der Waals surface area contributed by atoms with Gasteiger partial charge in [-0.2, -0.15) is 0 Å². The van der Waals surface area contributed by atoms with Gasteiger partial charge in [0.25, 0.3) is 0 Å². The Morgan fingerprint density at radius 2 is 1.74 bits per heavy atom. The van der Waals surface area contributed by atoms with E-state index in [1.807, 2.05) is 0 Å². The molecule has 0 spiro atoms. The number of imidazole rings is 1. The normalized spacial score (nSPS) is 12.5. The number of benzene rings is 1. The molecule has 0 bridgehead atoms. The smallest absolute Gasteiger partial charge is 0.235 e. The Morgan fingerprint density at radius 3 is 2.42 bits per heavy atom. The lowest BCUT2D eigenvalue weighted by molar-refractivity contribution is 0.510. The molecule has 0 saturated heterocycles. The monoisotopic (exact) mass is 321 g/mol. The van der Waals surface area contributed by atoms with Gasteiger partial charge in [-0.3, -0.25) is 4.40 Å². The standard InChI is InChI=1S/C11H4Cl3F2N3/c12-11(13,14)9-1-2-19-8-4-6(16)5(15)3-7(8)17-10(19)18-9/h1-4H. The van der Waals surface area contributed by atoms with Crippen LogP contribution < -0.4 is 0 Å². The molecule has 0 fully saturated rings. The first kappa shape index (κ1) is 12.8. The second-order valence-corrected chi connectivity index (χ2v) is 6.13. The van der Waals surface area contributed by atoms with E-state index in [0.29, 0.717) is 5.52 Å². The Hall–Kier alpha value is -1.17. The number of alkyl halides is 3. The minimum Gasteiger partial charge on any atom is -0.284 e. The summed E-state index contributed by atoms with van der Waals surface area (Å²) in [6, 6.07) is 3.51. The molecule has 3 rings (SSSR count). The molecule has 0 unspecified atom stereocenters. The zero-order chi connectivity index (χ0) is 13.8. The Balaban J connectivity index is 2.34. The predicted octanol–water partition coefficient (Wildman–Crippen LogP) is 3.99. The topological polar surface area (TPSA) is 30.2 Å². The first-order chi connectivity index (χ1) is 8.86. The summed E-state index contributed by atoms with van der Waals surface area (Å²) >= 11 is 17.2. The maximum absolute atomic E-state index is 13.2. The van der Waals surface area contributed by atoms with Gasteiger partial charge >= 0.3 is 0 Å². The van der Waals surface area contributed by atoms with E-state index in [2.05, 4.69) is 9.97 Å².